The molecule has 0 saturated heterocycles. The van der Waals surface area contributed by atoms with Crippen LogP contribution in [0.25, 0.3) is 0 Å². The standard InChI is InChI=1S/C12H13NO4.C2H4/c1-5-7(13)2-6-8(14)3-10-11(12(6)17-5)9(15)4-16-10;1-2/h3,5,7,14H,2,4,13H2,1H3;1-2H2. The SMILES string of the molecule is C=C.CC1Oc2c(c(O)cc3c2C(=O)CO3)CC1N. The number of hydrogen-bond donors (Lipinski definition) is 2. The second kappa shape index (κ2) is 4.93. The molecule has 0 amide bonds. The first kappa shape index (κ1) is 13.4. The maximum Gasteiger partial charge on any atom is 0.207 e. The van der Waals surface area contributed by atoms with Crippen LogP contribution >= 0.6 is 0 Å². The number of aromatic hydroxyl groups is 1. The number of ether oxygens (including phenoxy) is 2. The van der Waals surface area contributed by atoms with Gasteiger partial charge in [0.15, 0.2) is 6.61 Å². The molecule has 5 nitrogen and oxygen atoms in total. The predicted molar refractivity (Wildman–Crippen MR) is 71.0 cm³/mol. The molecule has 2 atom stereocenters. The zero-order valence-corrected chi connectivity index (χ0v) is 10.8. The van der Waals surface area contributed by atoms with E-state index in [1.54, 1.807) is 0 Å². The fourth-order valence-corrected chi connectivity index (χ4v) is 2.26. The first-order chi connectivity index (χ1) is 9.08. The number of phenolic OH excluding ortho intramolecular Hbond substituents is 1. The Morgan fingerprint density at radius 1 is 1.47 bits per heavy atom. The van der Waals surface area contributed by atoms with Gasteiger partial charge in [0.2, 0.25) is 5.78 Å². The van der Waals surface area contributed by atoms with Gasteiger partial charge in [0.05, 0.1) is 0 Å². The van der Waals surface area contributed by atoms with Crippen molar-refractivity contribution < 1.29 is 19.4 Å². The number of ketones is 1. The van der Waals surface area contributed by atoms with Crippen LogP contribution < -0.4 is 15.2 Å². The highest BCUT2D eigenvalue weighted by Gasteiger charge is 2.35. The third-order valence-corrected chi connectivity index (χ3v) is 3.31. The van der Waals surface area contributed by atoms with Crippen LogP contribution in [-0.2, 0) is 6.42 Å². The smallest absolute Gasteiger partial charge is 0.207 e. The van der Waals surface area contributed by atoms with Gasteiger partial charge in [-0.2, -0.15) is 0 Å². The molecule has 1 aromatic carbocycles. The average Bonchev–Trinajstić information content (AvgIpc) is 2.76. The molecule has 0 aromatic heterocycles. The van der Waals surface area contributed by atoms with Gasteiger partial charge in [-0.05, 0) is 13.3 Å². The maximum absolute atomic E-state index is 11.7. The van der Waals surface area contributed by atoms with Gasteiger partial charge in [0, 0.05) is 17.7 Å². The average molecular weight is 263 g/mol. The molecule has 2 aliphatic rings. The van der Waals surface area contributed by atoms with Crippen molar-refractivity contribution in [2.45, 2.75) is 25.5 Å². The highest BCUT2D eigenvalue weighted by molar-refractivity contribution is 6.05. The molecule has 2 unspecified atom stereocenters. The molecule has 0 aliphatic carbocycles. The van der Waals surface area contributed by atoms with E-state index in [2.05, 4.69) is 13.2 Å². The molecular formula is C14H17NO4. The Labute approximate surface area is 111 Å². The molecular weight excluding hydrogens is 246 g/mol. The summed E-state index contributed by atoms with van der Waals surface area (Å²) in [6, 6.07) is 1.29. The summed E-state index contributed by atoms with van der Waals surface area (Å²) in [5.41, 5.74) is 6.94. The fourth-order valence-electron chi connectivity index (χ4n) is 2.26. The number of benzene rings is 1. The lowest BCUT2D eigenvalue weighted by molar-refractivity contribution is 0.0953. The van der Waals surface area contributed by atoms with Crippen LogP contribution in [-0.4, -0.2) is 29.6 Å². The van der Waals surface area contributed by atoms with Crippen LogP contribution in [0.2, 0.25) is 0 Å². The summed E-state index contributed by atoms with van der Waals surface area (Å²) in [6.07, 6.45) is 0.324. The molecule has 3 rings (SSSR count). The van der Waals surface area contributed by atoms with Gasteiger partial charge >= 0.3 is 0 Å². The molecule has 102 valence electrons. The van der Waals surface area contributed by atoms with Gasteiger partial charge in [-0.15, -0.1) is 13.2 Å². The summed E-state index contributed by atoms with van der Waals surface area (Å²) in [5, 5.41) is 9.88. The Kier molecular flexibility index (Phi) is 3.48. The lowest BCUT2D eigenvalue weighted by Crippen LogP contribution is -2.42. The van der Waals surface area contributed by atoms with Crippen molar-refractivity contribution in [1.29, 1.82) is 0 Å². The van der Waals surface area contributed by atoms with Gasteiger partial charge in [0.1, 0.15) is 28.9 Å². The van der Waals surface area contributed by atoms with Crippen LogP contribution in [0.15, 0.2) is 19.2 Å². The number of rotatable bonds is 0. The highest BCUT2D eigenvalue weighted by Crippen LogP contribution is 2.44. The third-order valence-electron chi connectivity index (χ3n) is 3.31. The minimum absolute atomic E-state index is 0.00895. The van der Waals surface area contributed by atoms with E-state index in [1.807, 2.05) is 6.92 Å². The molecule has 5 heteroatoms. The molecule has 2 heterocycles. The number of nitrogens with two attached hydrogens (primary N) is 1. The molecule has 19 heavy (non-hydrogen) atoms. The van der Waals surface area contributed by atoms with Crippen LogP contribution in [0.1, 0.15) is 22.8 Å². The first-order valence-electron chi connectivity index (χ1n) is 6.05. The predicted octanol–water partition coefficient (Wildman–Crippen LogP) is 1.42. The zero-order chi connectivity index (χ0) is 14.2. The summed E-state index contributed by atoms with van der Waals surface area (Å²) < 4.78 is 10.9. The van der Waals surface area contributed by atoms with E-state index in [0.29, 0.717) is 29.0 Å². The number of carbonyl (C=O) groups is 1. The second-order valence-corrected chi connectivity index (χ2v) is 4.48. The van der Waals surface area contributed by atoms with Crippen molar-refractivity contribution in [1.82, 2.24) is 0 Å². The zero-order valence-electron chi connectivity index (χ0n) is 10.8. The monoisotopic (exact) mass is 263 g/mol. The summed E-state index contributed by atoms with van der Waals surface area (Å²) in [4.78, 5) is 11.7. The van der Waals surface area contributed by atoms with Crippen molar-refractivity contribution in [3.05, 3.63) is 30.4 Å². The molecule has 0 bridgehead atoms. The van der Waals surface area contributed by atoms with Crippen molar-refractivity contribution >= 4 is 5.78 Å². The summed E-state index contributed by atoms with van der Waals surface area (Å²) in [7, 11) is 0. The Balaban J connectivity index is 0.000000637. The molecule has 0 radical (unpaired) electrons. The van der Waals surface area contributed by atoms with E-state index >= 15 is 0 Å². The Bertz CT molecular complexity index is 527. The lowest BCUT2D eigenvalue weighted by Gasteiger charge is -2.30. The van der Waals surface area contributed by atoms with Crippen LogP contribution in [0.5, 0.6) is 17.2 Å². The normalized spacial score (nSPS) is 23.4. The maximum atomic E-state index is 11.7. The topological polar surface area (TPSA) is 81.8 Å². The van der Waals surface area contributed by atoms with Gasteiger partial charge < -0.3 is 20.3 Å². The second-order valence-electron chi connectivity index (χ2n) is 4.48. The molecule has 0 fully saturated rings. The molecule has 1 aromatic rings. The van der Waals surface area contributed by atoms with Crippen molar-refractivity contribution in [3.8, 4) is 17.2 Å². The summed E-state index contributed by atoms with van der Waals surface area (Å²) in [5.74, 6) is 0.806. The summed E-state index contributed by atoms with van der Waals surface area (Å²) >= 11 is 0. The van der Waals surface area contributed by atoms with Crippen molar-refractivity contribution in [2.24, 2.45) is 5.73 Å². The minimum Gasteiger partial charge on any atom is -0.507 e. The Hall–Kier alpha value is -2.01. The van der Waals surface area contributed by atoms with Crippen LogP contribution in [0.3, 0.4) is 0 Å². The minimum atomic E-state index is -0.179. The van der Waals surface area contributed by atoms with Crippen LogP contribution in [0, 0.1) is 0 Å². The lowest BCUT2D eigenvalue weighted by atomic mass is 9.94. The molecule has 0 saturated carbocycles. The van der Waals surface area contributed by atoms with E-state index in [4.69, 9.17) is 15.2 Å². The van der Waals surface area contributed by atoms with E-state index in [9.17, 15) is 9.90 Å². The third kappa shape index (κ3) is 2.06. The van der Waals surface area contributed by atoms with E-state index in [1.165, 1.54) is 6.07 Å². The van der Waals surface area contributed by atoms with Crippen molar-refractivity contribution in [2.75, 3.05) is 6.61 Å². The van der Waals surface area contributed by atoms with E-state index in [-0.39, 0.29) is 30.3 Å². The van der Waals surface area contributed by atoms with Gasteiger partial charge in [-0.25, -0.2) is 0 Å². The molecule has 2 aliphatic heterocycles. The Morgan fingerprint density at radius 2 is 2.16 bits per heavy atom. The fraction of sp³-hybridized carbons (Fsp3) is 0.357. The number of hydrogen-bond acceptors (Lipinski definition) is 5. The van der Waals surface area contributed by atoms with Gasteiger partial charge in [0.25, 0.3) is 0 Å². The van der Waals surface area contributed by atoms with E-state index < -0.39 is 0 Å². The number of fused-ring (bicyclic) bond motifs is 3. The first-order valence-corrected chi connectivity index (χ1v) is 6.05. The quantitative estimate of drug-likeness (QED) is 0.692. The highest BCUT2D eigenvalue weighted by atomic mass is 16.5. The number of carbonyl (C=O) groups excluding carboxylic acids is 1. The molecule has 0 spiro atoms. The number of phenols is 1. The largest absolute Gasteiger partial charge is 0.507 e. The van der Waals surface area contributed by atoms with Crippen molar-refractivity contribution in [3.63, 3.8) is 0 Å². The van der Waals surface area contributed by atoms with Crippen LogP contribution in [0.4, 0.5) is 0 Å². The molecule has 3 N–H and O–H groups in total. The number of Topliss-reactive ketones (excluding diaryl/α,β-unsaturated/α-hetero) is 1. The Morgan fingerprint density at radius 3 is 2.84 bits per heavy atom. The van der Waals surface area contributed by atoms with Gasteiger partial charge in [-0.3, -0.25) is 4.79 Å². The van der Waals surface area contributed by atoms with E-state index in [0.717, 1.165) is 0 Å². The van der Waals surface area contributed by atoms with Gasteiger partial charge in [-0.1, -0.05) is 0 Å². The summed E-state index contributed by atoms with van der Waals surface area (Å²) in [6.45, 7) is 7.86.